The molecule has 0 saturated heterocycles. The number of hydrogen-bond acceptors (Lipinski definition) is 2. The SMILES string of the molecule is C=C(/C=C\C(=C/C)CC1=C(C)CN=C(CCCC)N(CC/C(=C/C=C(C)C)CF)C1=O)CF. The Labute approximate surface area is 199 Å². The van der Waals surface area contributed by atoms with Crippen molar-refractivity contribution in [3.8, 4) is 0 Å². The van der Waals surface area contributed by atoms with Gasteiger partial charge in [-0.25, -0.2) is 8.78 Å². The molecule has 1 rings (SSSR count). The second-order valence-corrected chi connectivity index (χ2v) is 8.67. The van der Waals surface area contributed by atoms with Crippen molar-refractivity contribution in [2.24, 2.45) is 4.99 Å². The Morgan fingerprint density at radius 1 is 1.18 bits per heavy atom. The van der Waals surface area contributed by atoms with Crippen molar-refractivity contribution in [3.63, 3.8) is 0 Å². The van der Waals surface area contributed by atoms with Gasteiger partial charge in [0.2, 0.25) is 0 Å². The summed E-state index contributed by atoms with van der Waals surface area (Å²) >= 11 is 0. The van der Waals surface area contributed by atoms with E-state index in [1.807, 2.05) is 52.0 Å². The third-order valence-electron chi connectivity index (χ3n) is 5.52. The number of allylic oxidation sites excluding steroid dienone is 8. The molecule has 0 aliphatic carbocycles. The van der Waals surface area contributed by atoms with Crippen LogP contribution in [0, 0.1) is 0 Å². The van der Waals surface area contributed by atoms with Crippen LogP contribution in [0.2, 0.25) is 0 Å². The Balaban J connectivity index is 3.20. The van der Waals surface area contributed by atoms with E-state index < -0.39 is 13.3 Å². The number of amides is 1. The number of rotatable bonds is 13. The van der Waals surface area contributed by atoms with Gasteiger partial charge in [-0.1, -0.05) is 55.9 Å². The Hall–Kier alpha value is -2.56. The minimum atomic E-state index is -0.603. The van der Waals surface area contributed by atoms with Gasteiger partial charge in [0.05, 0.1) is 6.54 Å². The van der Waals surface area contributed by atoms with E-state index >= 15 is 0 Å². The van der Waals surface area contributed by atoms with E-state index in [9.17, 15) is 13.6 Å². The maximum Gasteiger partial charge on any atom is 0.255 e. The number of carbonyl (C=O) groups excluding carboxylic acids is 1. The van der Waals surface area contributed by atoms with E-state index in [0.29, 0.717) is 42.7 Å². The smallest absolute Gasteiger partial charge is 0.255 e. The number of alkyl halides is 2. The van der Waals surface area contributed by atoms with Crippen LogP contribution in [0.1, 0.15) is 66.7 Å². The van der Waals surface area contributed by atoms with E-state index in [2.05, 4.69) is 13.5 Å². The average Bonchev–Trinajstić information content (AvgIpc) is 2.91. The van der Waals surface area contributed by atoms with E-state index in [1.165, 1.54) is 0 Å². The fourth-order valence-electron chi connectivity index (χ4n) is 3.32. The van der Waals surface area contributed by atoms with E-state index in [-0.39, 0.29) is 5.91 Å². The number of nitrogens with zero attached hydrogens (tertiary/aromatic N) is 2. The molecule has 0 bridgehead atoms. The van der Waals surface area contributed by atoms with Crippen LogP contribution in [0.3, 0.4) is 0 Å². The molecule has 5 heteroatoms. The van der Waals surface area contributed by atoms with Crippen LogP contribution in [0.15, 0.2) is 75.4 Å². The molecule has 0 fully saturated rings. The summed E-state index contributed by atoms with van der Waals surface area (Å²) in [4.78, 5) is 20.2. The molecule has 0 N–H and O–H groups in total. The summed E-state index contributed by atoms with van der Waals surface area (Å²) in [5, 5.41) is 0. The summed E-state index contributed by atoms with van der Waals surface area (Å²) < 4.78 is 26.3. The van der Waals surface area contributed by atoms with Gasteiger partial charge in [-0.3, -0.25) is 14.7 Å². The molecule has 1 aliphatic heterocycles. The van der Waals surface area contributed by atoms with Gasteiger partial charge in [-0.05, 0) is 62.8 Å². The van der Waals surface area contributed by atoms with E-state index in [4.69, 9.17) is 4.99 Å². The lowest BCUT2D eigenvalue weighted by Gasteiger charge is -2.25. The summed E-state index contributed by atoms with van der Waals surface area (Å²) in [6, 6.07) is 0. The van der Waals surface area contributed by atoms with Gasteiger partial charge < -0.3 is 0 Å². The third kappa shape index (κ3) is 9.85. The van der Waals surface area contributed by atoms with Crippen LogP contribution in [0.25, 0.3) is 0 Å². The largest absolute Gasteiger partial charge is 0.296 e. The molecule has 0 spiro atoms. The molecular formula is C28H40F2N2O. The number of aliphatic imine (C=N–C) groups is 1. The summed E-state index contributed by atoms with van der Waals surface area (Å²) in [7, 11) is 0. The predicted molar refractivity (Wildman–Crippen MR) is 137 cm³/mol. The van der Waals surface area contributed by atoms with Crippen molar-refractivity contribution >= 4 is 11.7 Å². The zero-order chi connectivity index (χ0) is 24.8. The molecule has 0 aromatic heterocycles. The van der Waals surface area contributed by atoms with Crippen molar-refractivity contribution in [3.05, 3.63) is 70.4 Å². The lowest BCUT2D eigenvalue weighted by atomic mass is 9.98. The van der Waals surface area contributed by atoms with Crippen molar-refractivity contribution in [2.75, 3.05) is 26.4 Å². The third-order valence-corrected chi connectivity index (χ3v) is 5.52. The fraction of sp³-hybridized carbons (Fsp3) is 0.500. The lowest BCUT2D eigenvalue weighted by molar-refractivity contribution is -0.123. The highest BCUT2D eigenvalue weighted by Gasteiger charge is 2.27. The minimum absolute atomic E-state index is 0.0719. The molecule has 3 nitrogen and oxygen atoms in total. The quantitative estimate of drug-likeness (QED) is 0.265. The molecule has 1 aliphatic rings. The normalized spacial score (nSPS) is 15.8. The molecule has 0 saturated carbocycles. The van der Waals surface area contributed by atoms with Gasteiger partial charge in [0, 0.05) is 25.0 Å². The topological polar surface area (TPSA) is 32.7 Å². The first-order valence-corrected chi connectivity index (χ1v) is 11.8. The first-order chi connectivity index (χ1) is 15.8. The van der Waals surface area contributed by atoms with Gasteiger partial charge in [-0.2, -0.15) is 0 Å². The highest BCUT2D eigenvalue weighted by molar-refractivity contribution is 6.07. The van der Waals surface area contributed by atoms with Crippen LogP contribution in [-0.2, 0) is 4.79 Å². The first kappa shape index (κ1) is 28.5. The Kier molecular flexibility index (Phi) is 13.2. The molecule has 0 atom stereocenters. The summed E-state index contributed by atoms with van der Waals surface area (Å²) in [6.07, 6.45) is 12.6. The van der Waals surface area contributed by atoms with E-state index in [0.717, 1.165) is 41.8 Å². The zero-order valence-corrected chi connectivity index (χ0v) is 21.0. The standard InChI is InChI=1S/C28H40F2N2O/c1-7-9-10-27-31-20-23(6)26(17-24(8-2)14-12-22(5)18-29)28(33)32(27)16-15-25(19-30)13-11-21(3)4/h8,11-14H,5,7,9-10,15-20H2,1-4,6H3/b14-12-,24-8+,25-13-. The predicted octanol–water partition coefficient (Wildman–Crippen LogP) is 7.40. The van der Waals surface area contributed by atoms with Crippen LogP contribution < -0.4 is 0 Å². The Morgan fingerprint density at radius 2 is 1.91 bits per heavy atom. The molecule has 0 aromatic carbocycles. The highest BCUT2D eigenvalue weighted by Crippen LogP contribution is 2.24. The Morgan fingerprint density at radius 3 is 2.48 bits per heavy atom. The molecule has 0 aromatic rings. The van der Waals surface area contributed by atoms with Gasteiger partial charge in [0.1, 0.15) is 19.2 Å². The Bertz CT molecular complexity index is 868. The molecule has 0 unspecified atom stereocenters. The number of hydrogen-bond donors (Lipinski definition) is 0. The van der Waals surface area contributed by atoms with Crippen LogP contribution >= 0.6 is 0 Å². The van der Waals surface area contributed by atoms with Gasteiger partial charge in [0.15, 0.2) is 0 Å². The minimum Gasteiger partial charge on any atom is -0.296 e. The van der Waals surface area contributed by atoms with Crippen molar-refractivity contribution in [2.45, 2.75) is 66.7 Å². The summed E-state index contributed by atoms with van der Waals surface area (Å²) in [5.41, 5.74) is 4.69. The summed E-state index contributed by atoms with van der Waals surface area (Å²) in [6.45, 7) is 13.3. The maximum absolute atomic E-state index is 13.7. The van der Waals surface area contributed by atoms with Crippen LogP contribution in [0.4, 0.5) is 8.78 Å². The van der Waals surface area contributed by atoms with Gasteiger partial charge >= 0.3 is 0 Å². The van der Waals surface area contributed by atoms with Crippen LogP contribution in [0.5, 0.6) is 0 Å². The molecule has 1 amide bonds. The van der Waals surface area contributed by atoms with Crippen molar-refractivity contribution in [1.82, 2.24) is 4.90 Å². The van der Waals surface area contributed by atoms with Crippen molar-refractivity contribution in [1.29, 1.82) is 0 Å². The number of unbranched alkanes of at least 4 members (excludes halogenated alkanes) is 1. The second kappa shape index (κ2) is 15.3. The molecule has 0 radical (unpaired) electrons. The van der Waals surface area contributed by atoms with Crippen LogP contribution in [-0.4, -0.2) is 43.1 Å². The highest BCUT2D eigenvalue weighted by atomic mass is 19.1. The second-order valence-electron chi connectivity index (χ2n) is 8.67. The number of halogens is 2. The van der Waals surface area contributed by atoms with Crippen molar-refractivity contribution < 1.29 is 13.6 Å². The maximum atomic E-state index is 13.7. The summed E-state index contributed by atoms with van der Waals surface area (Å²) in [5.74, 6) is 0.706. The first-order valence-electron chi connectivity index (χ1n) is 11.8. The van der Waals surface area contributed by atoms with Gasteiger partial charge in [-0.15, -0.1) is 0 Å². The monoisotopic (exact) mass is 458 g/mol. The molecule has 1 heterocycles. The molecular weight excluding hydrogens is 418 g/mol. The average molecular weight is 459 g/mol. The molecule has 182 valence electrons. The molecule has 33 heavy (non-hydrogen) atoms. The fourth-order valence-corrected chi connectivity index (χ4v) is 3.32. The van der Waals surface area contributed by atoms with E-state index in [1.54, 1.807) is 11.0 Å². The number of amidine groups is 1. The lowest BCUT2D eigenvalue weighted by Crippen LogP contribution is -2.38. The number of carbonyl (C=O) groups is 1. The van der Waals surface area contributed by atoms with Gasteiger partial charge in [0.25, 0.3) is 5.91 Å². The zero-order valence-electron chi connectivity index (χ0n) is 21.0.